The lowest BCUT2D eigenvalue weighted by molar-refractivity contribution is -0.196. The highest BCUT2D eigenvalue weighted by Gasteiger charge is 2.72. The Balaban J connectivity index is 1.94. The SMILES string of the molecule is CCC(=O)Cc1c(C)cc2c(c1O)C(=O)C1C(=O)C3(O)C(=O)C(C(N)=O)C(=O)C(N(C)C)C3C(O)C1C2C. The van der Waals surface area contributed by atoms with Crippen LogP contribution in [-0.2, 0) is 30.4 Å². The highest BCUT2D eigenvalue weighted by Crippen LogP contribution is 2.55. The van der Waals surface area contributed by atoms with E-state index in [0.717, 1.165) is 0 Å². The van der Waals surface area contributed by atoms with E-state index in [2.05, 4.69) is 0 Å². The molecule has 3 aliphatic rings. The van der Waals surface area contributed by atoms with E-state index in [9.17, 15) is 44.1 Å². The average molecular weight is 529 g/mol. The lowest BCUT2D eigenvalue weighted by Crippen LogP contribution is -2.77. The molecular formula is C27H32N2O9. The Hall–Kier alpha value is -3.28. The van der Waals surface area contributed by atoms with E-state index in [1.54, 1.807) is 26.8 Å². The third-order valence-corrected chi connectivity index (χ3v) is 8.71. The number of likely N-dealkylation sites (N-methyl/N-ethyl adjacent to an activating group) is 1. The average Bonchev–Trinajstić information content (AvgIpc) is 2.83. The van der Waals surface area contributed by atoms with Gasteiger partial charge in [-0.15, -0.1) is 0 Å². The Kier molecular flexibility index (Phi) is 6.70. The third kappa shape index (κ3) is 3.52. The van der Waals surface area contributed by atoms with Crippen molar-refractivity contribution in [1.82, 2.24) is 4.90 Å². The number of hydrogen-bond acceptors (Lipinski definition) is 10. The molecule has 1 amide bonds. The quantitative estimate of drug-likeness (QED) is 0.353. The summed E-state index contributed by atoms with van der Waals surface area (Å²) in [6.45, 7) is 4.98. The Morgan fingerprint density at radius 3 is 2.26 bits per heavy atom. The van der Waals surface area contributed by atoms with Gasteiger partial charge in [-0.3, -0.25) is 33.7 Å². The number of carbonyl (C=O) groups is 6. The van der Waals surface area contributed by atoms with Crippen LogP contribution in [0.15, 0.2) is 6.07 Å². The van der Waals surface area contributed by atoms with Gasteiger partial charge in [0.05, 0.1) is 29.5 Å². The van der Waals surface area contributed by atoms with Crippen LogP contribution < -0.4 is 5.73 Å². The van der Waals surface area contributed by atoms with Crippen molar-refractivity contribution in [2.24, 2.45) is 29.4 Å². The molecule has 0 bridgehead atoms. The van der Waals surface area contributed by atoms with E-state index in [0.29, 0.717) is 11.1 Å². The Morgan fingerprint density at radius 1 is 1.13 bits per heavy atom. The van der Waals surface area contributed by atoms with Crippen molar-refractivity contribution in [1.29, 1.82) is 0 Å². The molecule has 1 aromatic carbocycles. The van der Waals surface area contributed by atoms with Gasteiger partial charge in [-0.2, -0.15) is 0 Å². The summed E-state index contributed by atoms with van der Waals surface area (Å²) in [5, 5.41) is 34.4. The number of phenols is 1. The summed E-state index contributed by atoms with van der Waals surface area (Å²) >= 11 is 0. The number of fused-ring (bicyclic) bond motifs is 3. The van der Waals surface area contributed by atoms with Crippen LogP contribution in [0.25, 0.3) is 0 Å². The van der Waals surface area contributed by atoms with Crippen molar-refractivity contribution >= 4 is 34.8 Å². The van der Waals surface area contributed by atoms with E-state index in [1.165, 1.54) is 19.0 Å². The molecule has 11 nitrogen and oxygen atoms in total. The maximum Gasteiger partial charge on any atom is 0.235 e. The van der Waals surface area contributed by atoms with Crippen LogP contribution in [0.3, 0.4) is 0 Å². The minimum atomic E-state index is -3.04. The van der Waals surface area contributed by atoms with E-state index in [4.69, 9.17) is 5.73 Å². The van der Waals surface area contributed by atoms with Crippen LogP contribution in [0.5, 0.6) is 5.75 Å². The summed E-state index contributed by atoms with van der Waals surface area (Å²) in [6.07, 6.45) is -1.61. The Bertz CT molecular complexity index is 1300. The summed E-state index contributed by atoms with van der Waals surface area (Å²) in [6, 6.07) is 0.213. The molecule has 2 saturated carbocycles. The molecule has 38 heavy (non-hydrogen) atoms. The van der Waals surface area contributed by atoms with Crippen LogP contribution in [0.1, 0.15) is 53.2 Å². The minimum absolute atomic E-state index is 0.134. The van der Waals surface area contributed by atoms with E-state index in [-0.39, 0.29) is 29.8 Å². The highest BCUT2D eigenvalue weighted by atomic mass is 16.3. The number of rotatable bonds is 5. The van der Waals surface area contributed by atoms with E-state index in [1.807, 2.05) is 0 Å². The summed E-state index contributed by atoms with van der Waals surface area (Å²) < 4.78 is 0. The maximum atomic E-state index is 13.9. The molecule has 3 aliphatic carbocycles. The predicted octanol–water partition coefficient (Wildman–Crippen LogP) is -0.771. The van der Waals surface area contributed by atoms with Crippen molar-refractivity contribution in [2.75, 3.05) is 14.1 Å². The molecule has 8 unspecified atom stereocenters. The van der Waals surface area contributed by atoms with E-state index >= 15 is 0 Å². The molecule has 0 radical (unpaired) electrons. The first kappa shape index (κ1) is 27.7. The predicted molar refractivity (Wildman–Crippen MR) is 131 cm³/mol. The summed E-state index contributed by atoms with van der Waals surface area (Å²) in [5.74, 6) is -14.0. The van der Waals surface area contributed by atoms with Gasteiger partial charge in [0, 0.05) is 24.3 Å². The molecule has 2 fully saturated rings. The number of ketones is 5. The number of nitrogens with two attached hydrogens (primary N) is 1. The van der Waals surface area contributed by atoms with Gasteiger partial charge in [0.15, 0.2) is 34.7 Å². The fraction of sp³-hybridized carbons (Fsp3) is 0.556. The second kappa shape index (κ2) is 9.18. The van der Waals surface area contributed by atoms with Crippen molar-refractivity contribution in [3.8, 4) is 5.75 Å². The number of amides is 1. The van der Waals surface area contributed by atoms with Crippen molar-refractivity contribution < 1.29 is 44.1 Å². The molecule has 5 N–H and O–H groups in total. The lowest BCUT2D eigenvalue weighted by Gasteiger charge is -2.56. The molecule has 0 aliphatic heterocycles. The second-order valence-electron chi connectivity index (χ2n) is 10.9. The highest BCUT2D eigenvalue weighted by molar-refractivity contribution is 6.32. The number of primary amides is 1. The van der Waals surface area contributed by atoms with Gasteiger partial charge < -0.3 is 21.1 Å². The van der Waals surface area contributed by atoms with Crippen LogP contribution in [-0.4, -0.2) is 86.9 Å². The number of benzene rings is 1. The summed E-state index contributed by atoms with van der Waals surface area (Å²) in [7, 11) is 2.87. The van der Waals surface area contributed by atoms with Crippen LogP contribution >= 0.6 is 0 Å². The fourth-order valence-corrected chi connectivity index (χ4v) is 6.77. The summed E-state index contributed by atoms with van der Waals surface area (Å²) in [5.41, 5.74) is 3.18. The fourth-order valence-electron chi connectivity index (χ4n) is 6.77. The number of aromatic hydroxyl groups is 1. The zero-order valence-corrected chi connectivity index (χ0v) is 21.8. The first-order valence-electron chi connectivity index (χ1n) is 12.5. The standard InChI is InChI=1S/C27H32N2O9/c1-6-11(30)8-12-9(2)7-13-10(3)14-16(21(32)15(13)20(12)31)24(35)27(38)18(22(14)33)19(29(4)5)23(34)17(25(27)36)26(28)37/h7,10,14,16-19,22,31,33,38H,6,8H2,1-5H3,(H2,28,37). The number of carbonyl (C=O) groups excluding carboxylic acids is 6. The number of nitrogens with zero attached hydrogens (tertiary/aromatic N) is 1. The zero-order chi connectivity index (χ0) is 28.6. The third-order valence-electron chi connectivity index (χ3n) is 8.71. The first-order valence-corrected chi connectivity index (χ1v) is 12.5. The van der Waals surface area contributed by atoms with Crippen LogP contribution in [0.4, 0.5) is 0 Å². The molecule has 1 aromatic rings. The molecule has 204 valence electrons. The van der Waals surface area contributed by atoms with Gasteiger partial charge in [0.25, 0.3) is 0 Å². The monoisotopic (exact) mass is 528 g/mol. The Morgan fingerprint density at radius 2 is 1.74 bits per heavy atom. The van der Waals surface area contributed by atoms with E-state index < -0.39 is 82.1 Å². The largest absolute Gasteiger partial charge is 0.507 e. The summed E-state index contributed by atoms with van der Waals surface area (Å²) in [4.78, 5) is 79.9. The molecule has 0 spiro atoms. The van der Waals surface area contributed by atoms with Gasteiger partial charge in [0.2, 0.25) is 5.91 Å². The van der Waals surface area contributed by atoms with Gasteiger partial charge in [-0.25, -0.2) is 0 Å². The second-order valence-corrected chi connectivity index (χ2v) is 10.9. The van der Waals surface area contributed by atoms with Gasteiger partial charge in [-0.05, 0) is 38.1 Å². The lowest BCUT2D eigenvalue weighted by atomic mass is 9.49. The van der Waals surface area contributed by atoms with Crippen LogP contribution in [0.2, 0.25) is 0 Å². The topological polar surface area (TPSA) is 192 Å². The molecule has 0 saturated heterocycles. The number of hydrogen-bond donors (Lipinski definition) is 4. The molecule has 11 heteroatoms. The van der Waals surface area contributed by atoms with Crippen LogP contribution in [0, 0.1) is 30.6 Å². The number of phenolic OH excluding ortho intramolecular Hbond substituents is 1. The number of aryl methyl sites for hydroxylation is 1. The minimum Gasteiger partial charge on any atom is -0.507 e. The molecule has 4 rings (SSSR count). The molecular weight excluding hydrogens is 496 g/mol. The number of aliphatic hydroxyl groups excluding tert-OH is 1. The number of Topliss-reactive ketones (excluding diaryl/α,β-unsaturated/α-hetero) is 5. The smallest absolute Gasteiger partial charge is 0.235 e. The van der Waals surface area contributed by atoms with Gasteiger partial charge >= 0.3 is 0 Å². The van der Waals surface area contributed by atoms with Crippen molar-refractivity contribution in [3.63, 3.8) is 0 Å². The maximum absolute atomic E-state index is 13.9. The molecule has 0 heterocycles. The van der Waals surface area contributed by atoms with Gasteiger partial charge in [-0.1, -0.05) is 19.9 Å². The van der Waals surface area contributed by atoms with Crippen molar-refractivity contribution in [2.45, 2.75) is 57.3 Å². The zero-order valence-electron chi connectivity index (χ0n) is 21.8. The molecule has 0 aromatic heterocycles. The van der Waals surface area contributed by atoms with Crippen molar-refractivity contribution in [3.05, 3.63) is 28.3 Å². The normalized spacial score (nSPS) is 34.6. The first-order chi connectivity index (χ1) is 17.6. The van der Waals surface area contributed by atoms with Gasteiger partial charge in [0.1, 0.15) is 11.5 Å². The Labute approximate surface area is 219 Å². The number of aliphatic hydroxyl groups is 2. The molecule has 8 atom stereocenters.